The summed E-state index contributed by atoms with van der Waals surface area (Å²) in [4.78, 5) is 21.9. The predicted molar refractivity (Wildman–Crippen MR) is 149 cm³/mol. The quantitative estimate of drug-likeness (QED) is 0.278. The molecule has 4 aromatic rings. The maximum atomic E-state index is 12.4. The van der Waals surface area contributed by atoms with E-state index in [0.29, 0.717) is 0 Å². The molecule has 0 unspecified atom stereocenters. The van der Waals surface area contributed by atoms with Gasteiger partial charge in [0, 0.05) is 55.0 Å². The number of carbonyl (C=O) groups excluding carboxylic acids is 1. The monoisotopic (exact) mass is 567 g/mol. The highest BCUT2D eigenvalue weighted by Gasteiger charge is 2.48. The molecule has 7 nitrogen and oxygen atoms in total. The minimum atomic E-state index is -0.457. The fourth-order valence-electron chi connectivity index (χ4n) is 5.45. The summed E-state index contributed by atoms with van der Waals surface area (Å²) >= 11 is 5.63. The Balaban J connectivity index is 1.24. The van der Waals surface area contributed by atoms with E-state index in [1.807, 2.05) is 43.6 Å². The maximum Gasteiger partial charge on any atom is 0.410 e. The summed E-state index contributed by atoms with van der Waals surface area (Å²) in [5, 5.41) is 8.82. The van der Waals surface area contributed by atoms with Crippen LogP contribution in [0.25, 0.3) is 32.2 Å². The lowest BCUT2D eigenvalue weighted by molar-refractivity contribution is -0.0434. The minimum absolute atomic E-state index is 0.196. The molecule has 2 fully saturated rings. The van der Waals surface area contributed by atoms with Crippen LogP contribution in [-0.2, 0) is 11.8 Å². The molecule has 188 valence electrons. The van der Waals surface area contributed by atoms with Crippen LogP contribution >= 0.6 is 27.3 Å². The van der Waals surface area contributed by atoms with Crippen molar-refractivity contribution >= 4 is 60.2 Å². The zero-order valence-electron chi connectivity index (χ0n) is 21.0. The summed E-state index contributed by atoms with van der Waals surface area (Å²) in [6, 6.07) is 8.61. The van der Waals surface area contributed by atoms with E-state index in [1.54, 1.807) is 11.3 Å². The van der Waals surface area contributed by atoms with Gasteiger partial charge in [0.15, 0.2) is 0 Å². The van der Waals surface area contributed by atoms with Crippen LogP contribution in [0.3, 0.4) is 0 Å². The topological polar surface area (TPSA) is 63.5 Å². The third-order valence-electron chi connectivity index (χ3n) is 7.38. The second-order valence-corrected chi connectivity index (χ2v) is 12.8. The molecule has 0 N–H and O–H groups in total. The molecule has 1 aromatic carbocycles. The third kappa shape index (κ3) is 4.06. The van der Waals surface area contributed by atoms with Crippen LogP contribution in [0.5, 0.6) is 0 Å². The van der Waals surface area contributed by atoms with Gasteiger partial charge >= 0.3 is 6.09 Å². The lowest BCUT2D eigenvalue weighted by Gasteiger charge is -2.53. The van der Waals surface area contributed by atoms with Gasteiger partial charge in [0.05, 0.1) is 26.6 Å². The number of aromatic nitrogens is 3. The van der Waals surface area contributed by atoms with Gasteiger partial charge in [-0.15, -0.1) is 11.3 Å². The number of hydrogen-bond acceptors (Lipinski definition) is 6. The number of likely N-dealkylation sites (tertiary alicyclic amines) is 1. The number of halogens is 1. The summed E-state index contributed by atoms with van der Waals surface area (Å²) in [6.45, 7) is 9.15. The van der Waals surface area contributed by atoms with E-state index in [2.05, 4.69) is 55.6 Å². The van der Waals surface area contributed by atoms with Crippen molar-refractivity contribution in [3.05, 3.63) is 40.3 Å². The van der Waals surface area contributed by atoms with Crippen molar-refractivity contribution in [2.75, 3.05) is 31.1 Å². The van der Waals surface area contributed by atoms with Gasteiger partial charge in [0.1, 0.15) is 11.4 Å². The molecule has 0 atom stereocenters. The van der Waals surface area contributed by atoms with Crippen LogP contribution in [0.4, 0.5) is 10.6 Å². The highest BCUT2D eigenvalue weighted by atomic mass is 79.9. The summed E-state index contributed by atoms with van der Waals surface area (Å²) in [5.41, 5.74) is 2.96. The molecule has 2 aliphatic rings. The van der Waals surface area contributed by atoms with Gasteiger partial charge in [-0.2, -0.15) is 5.10 Å². The van der Waals surface area contributed by atoms with Gasteiger partial charge in [-0.3, -0.25) is 4.68 Å². The number of amides is 1. The van der Waals surface area contributed by atoms with Crippen LogP contribution in [0, 0.1) is 5.41 Å². The first-order chi connectivity index (χ1) is 17.1. The second-order valence-electron chi connectivity index (χ2n) is 11.1. The van der Waals surface area contributed by atoms with E-state index in [4.69, 9.17) is 9.72 Å². The zero-order valence-corrected chi connectivity index (χ0v) is 23.4. The number of anilines is 1. The highest BCUT2D eigenvalue weighted by Crippen LogP contribution is 2.45. The lowest BCUT2D eigenvalue weighted by Crippen LogP contribution is -2.62. The average Bonchev–Trinajstić information content (AvgIpc) is 3.44. The fraction of sp³-hybridized carbons (Fsp3) is 0.444. The Morgan fingerprint density at radius 2 is 1.92 bits per heavy atom. The molecule has 1 amide bonds. The Hall–Kier alpha value is -2.65. The van der Waals surface area contributed by atoms with Gasteiger partial charge in [-0.25, -0.2) is 9.78 Å². The van der Waals surface area contributed by atoms with Gasteiger partial charge < -0.3 is 14.5 Å². The molecule has 5 heterocycles. The number of hydrogen-bond donors (Lipinski definition) is 0. The van der Waals surface area contributed by atoms with Crippen molar-refractivity contribution in [2.45, 2.75) is 39.2 Å². The third-order valence-corrected chi connectivity index (χ3v) is 9.33. The summed E-state index contributed by atoms with van der Waals surface area (Å²) in [5.74, 6) is 1.00. The Kier molecular flexibility index (Phi) is 5.57. The SMILES string of the molecule is Cn1ncc2cc(-c3nc(N4CCC5(CC4)CN(C(=O)OC(C)(C)C)C5)c(Br)c4sccc34)ccc21. The molecule has 36 heavy (non-hydrogen) atoms. The van der Waals surface area contributed by atoms with Crippen LogP contribution in [0.15, 0.2) is 40.3 Å². The van der Waals surface area contributed by atoms with Crippen molar-refractivity contribution in [2.24, 2.45) is 12.5 Å². The van der Waals surface area contributed by atoms with E-state index >= 15 is 0 Å². The van der Waals surface area contributed by atoms with Gasteiger partial charge in [0.2, 0.25) is 0 Å². The standard InChI is InChI=1S/C27H30BrN5O2S/c1-26(2,3)35-25(34)33-15-27(16-33)8-10-32(11-9-27)24-21(28)23-19(7-12-36-23)22(30-24)17-5-6-20-18(13-17)14-29-31(20)4/h5-7,12-14H,8-11,15-16H2,1-4H3. The minimum Gasteiger partial charge on any atom is -0.444 e. The molecular weight excluding hydrogens is 538 g/mol. The Morgan fingerprint density at radius 1 is 1.17 bits per heavy atom. The summed E-state index contributed by atoms with van der Waals surface area (Å²) in [6.07, 6.45) is 3.80. The first-order valence-electron chi connectivity index (χ1n) is 12.3. The Bertz CT molecular complexity index is 1470. The van der Waals surface area contributed by atoms with Gasteiger partial charge in [-0.05, 0) is 73.1 Å². The summed E-state index contributed by atoms with van der Waals surface area (Å²) in [7, 11) is 1.97. The molecule has 2 aliphatic heterocycles. The molecule has 1 spiro atoms. The maximum absolute atomic E-state index is 12.4. The van der Waals surface area contributed by atoms with Crippen molar-refractivity contribution in [1.29, 1.82) is 0 Å². The normalized spacial score (nSPS) is 17.7. The van der Waals surface area contributed by atoms with Crippen molar-refractivity contribution in [1.82, 2.24) is 19.7 Å². The molecule has 0 aliphatic carbocycles. The van der Waals surface area contributed by atoms with E-state index in [1.165, 1.54) is 10.1 Å². The van der Waals surface area contributed by atoms with E-state index in [9.17, 15) is 4.79 Å². The number of benzene rings is 1. The average molecular weight is 569 g/mol. The highest BCUT2D eigenvalue weighted by molar-refractivity contribution is 9.10. The predicted octanol–water partition coefficient (Wildman–Crippen LogP) is 6.45. The number of ether oxygens (including phenoxy) is 1. The van der Waals surface area contributed by atoms with Crippen molar-refractivity contribution in [3.63, 3.8) is 0 Å². The van der Waals surface area contributed by atoms with Crippen LogP contribution in [0.1, 0.15) is 33.6 Å². The molecule has 2 saturated heterocycles. The number of piperidine rings is 1. The van der Waals surface area contributed by atoms with Crippen LogP contribution in [-0.4, -0.2) is 57.5 Å². The molecule has 0 radical (unpaired) electrons. The summed E-state index contributed by atoms with van der Waals surface area (Å²) < 4.78 is 9.74. The molecule has 3 aromatic heterocycles. The van der Waals surface area contributed by atoms with Gasteiger partial charge in [-0.1, -0.05) is 6.07 Å². The van der Waals surface area contributed by atoms with Gasteiger partial charge in [0.25, 0.3) is 0 Å². The second kappa shape index (κ2) is 8.45. The number of pyridine rings is 1. The van der Waals surface area contributed by atoms with Crippen molar-refractivity contribution < 1.29 is 9.53 Å². The van der Waals surface area contributed by atoms with E-state index in [-0.39, 0.29) is 11.5 Å². The number of rotatable bonds is 2. The first-order valence-corrected chi connectivity index (χ1v) is 14.0. The largest absolute Gasteiger partial charge is 0.444 e. The van der Waals surface area contributed by atoms with Crippen LogP contribution < -0.4 is 4.90 Å². The number of aryl methyl sites for hydroxylation is 1. The van der Waals surface area contributed by atoms with E-state index < -0.39 is 5.60 Å². The lowest BCUT2D eigenvalue weighted by atomic mass is 9.72. The van der Waals surface area contributed by atoms with Crippen molar-refractivity contribution in [3.8, 4) is 11.3 Å². The molecule has 6 rings (SSSR count). The smallest absolute Gasteiger partial charge is 0.410 e. The number of fused-ring (bicyclic) bond motifs is 2. The van der Waals surface area contributed by atoms with Crippen LogP contribution in [0.2, 0.25) is 0 Å². The molecular formula is C27H30BrN5O2S. The number of carbonyl (C=O) groups is 1. The molecule has 0 saturated carbocycles. The zero-order chi connectivity index (χ0) is 25.2. The molecule has 0 bridgehead atoms. The first kappa shape index (κ1) is 23.7. The fourth-order valence-corrected chi connectivity index (χ4v) is 7.11. The Morgan fingerprint density at radius 3 is 2.64 bits per heavy atom. The Labute approximate surface area is 223 Å². The number of thiophene rings is 1. The molecule has 9 heteroatoms. The number of nitrogens with zero attached hydrogens (tertiary/aromatic N) is 5. The van der Waals surface area contributed by atoms with E-state index in [0.717, 1.165) is 71.5 Å².